The van der Waals surface area contributed by atoms with Crippen LogP contribution in [0.25, 0.3) is 0 Å². The Balaban J connectivity index is 0.00000169. The zero-order valence-corrected chi connectivity index (χ0v) is 13.1. The molecule has 1 aromatic carbocycles. The molecule has 4 heteroatoms. The monoisotopic (exact) mass is 311 g/mol. The van der Waals surface area contributed by atoms with Gasteiger partial charge in [0.25, 0.3) is 5.91 Å². The van der Waals surface area contributed by atoms with Crippen LogP contribution in [0.5, 0.6) is 0 Å². The van der Waals surface area contributed by atoms with Crippen molar-refractivity contribution in [3.63, 3.8) is 0 Å². The number of methoxy groups -OCH3 is 1. The summed E-state index contributed by atoms with van der Waals surface area (Å²) in [7, 11) is 1.71. The Kier molecular flexibility index (Phi) is 3.23. The van der Waals surface area contributed by atoms with Gasteiger partial charge in [-0.1, -0.05) is 18.2 Å². The van der Waals surface area contributed by atoms with Gasteiger partial charge in [-0.25, -0.2) is 0 Å². The number of carbonyl (C=O) groups excluding carboxylic acids is 2. The third-order valence-corrected chi connectivity index (χ3v) is 5.09. The van der Waals surface area contributed by atoms with Crippen LogP contribution in [-0.2, 0) is 16.0 Å². The molecule has 0 heterocycles. The molecule has 3 aliphatic rings. The lowest BCUT2D eigenvalue weighted by Crippen LogP contribution is -2.19. The van der Waals surface area contributed by atoms with Crippen LogP contribution in [0.1, 0.15) is 36.6 Å². The molecule has 1 saturated carbocycles. The van der Waals surface area contributed by atoms with Gasteiger partial charge in [-0.15, -0.1) is 0 Å². The quantitative estimate of drug-likeness (QED) is 0.932. The highest BCUT2D eigenvalue weighted by atomic mass is 16.5. The maximum absolute atomic E-state index is 12.4. The van der Waals surface area contributed by atoms with Gasteiger partial charge in [-0.3, -0.25) is 9.59 Å². The number of carbonyl (C=O) groups is 2. The fourth-order valence-corrected chi connectivity index (χ4v) is 3.56. The topological polar surface area (TPSA) is 55.4 Å². The standard InChI is InChI=1S/C19H19NO3.H2/c1-23-19-8-7-13(9-14(19)11-19)18(22)20-15-5-6-16-12(10-15)3-2-4-17(16)21;/h5-10,14H,2-4,11H2,1H3,(H,20,22);1H. The highest BCUT2D eigenvalue weighted by molar-refractivity contribution is 6.06. The van der Waals surface area contributed by atoms with E-state index in [1.165, 1.54) is 0 Å². The molecule has 0 aromatic heterocycles. The van der Waals surface area contributed by atoms with Gasteiger partial charge < -0.3 is 10.1 Å². The molecule has 1 N–H and O–H groups in total. The van der Waals surface area contributed by atoms with Crippen LogP contribution in [0, 0.1) is 5.92 Å². The summed E-state index contributed by atoms with van der Waals surface area (Å²) in [5, 5.41) is 2.94. The number of fused-ring (bicyclic) bond motifs is 2. The highest BCUT2D eigenvalue weighted by Crippen LogP contribution is 2.51. The van der Waals surface area contributed by atoms with Gasteiger partial charge in [0, 0.05) is 37.7 Å². The van der Waals surface area contributed by atoms with E-state index >= 15 is 0 Å². The minimum atomic E-state index is -0.171. The molecule has 0 spiro atoms. The van der Waals surface area contributed by atoms with Gasteiger partial charge in [0.05, 0.1) is 5.60 Å². The van der Waals surface area contributed by atoms with Crippen molar-refractivity contribution in [2.24, 2.45) is 5.92 Å². The van der Waals surface area contributed by atoms with Crippen LogP contribution in [0.4, 0.5) is 5.69 Å². The average Bonchev–Trinajstić information content (AvgIpc) is 3.29. The summed E-state index contributed by atoms with van der Waals surface area (Å²) in [6.07, 6.45) is 9.16. The molecule has 4 rings (SSSR count). The molecule has 0 radical (unpaired) electrons. The van der Waals surface area contributed by atoms with E-state index in [1.54, 1.807) is 7.11 Å². The lowest BCUT2D eigenvalue weighted by molar-refractivity contribution is -0.112. The first-order valence-corrected chi connectivity index (χ1v) is 8.05. The van der Waals surface area contributed by atoms with Gasteiger partial charge in [0.15, 0.2) is 5.78 Å². The summed E-state index contributed by atoms with van der Waals surface area (Å²) in [5.41, 5.74) is 3.09. The Hall–Kier alpha value is -2.20. The molecule has 0 bridgehead atoms. The average molecular weight is 311 g/mol. The molecule has 2 atom stereocenters. The van der Waals surface area contributed by atoms with E-state index in [1.807, 2.05) is 36.4 Å². The number of nitrogens with one attached hydrogen (secondary N) is 1. The molecule has 2 unspecified atom stereocenters. The number of amides is 1. The van der Waals surface area contributed by atoms with Crippen molar-refractivity contribution < 1.29 is 15.8 Å². The van der Waals surface area contributed by atoms with Crippen LogP contribution in [0.3, 0.4) is 0 Å². The van der Waals surface area contributed by atoms with Crippen molar-refractivity contribution >= 4 is 17.4 Å². The van der Waals surface area contributed by atoms with E-state index in [-0.39, 0.29) is 18.7 Å². The van der Waals surface area contributed by atoms with Gasteiger partial charge in [-0.2, -0.15) is 0 Å². The third-order valence-electron chi connectivity index (χ3n) is 5.09. The molecule has 1 aromatic rings. The third kappa shape index (κ3) is 2.43. The van der Waals surface area contributed by atoms with Crippen LogP contribution in [0.15, 0.2) is 42.0 Å². The highest BCUT2D eigenvalue weighted by Gasteiger charge is 2.53. The molecule has 3 aliphatic carbocycles. The molecule has 23 heavy (non-hydrogen) atoms. The fraction of sp³-hybridized carbons (Fsp3) is 0.368. The van der Waals surface area contributed by atoms with E-state index in [0.717, 1.165) is 36.1 Å². The number of rotatable bonds is 3. The summed E-state index contributed by atoms with van der Waals surface area (Å²) >= 11 is 0. The molecular weight excluding hydrogens is 290 g/mol. The van der Waals surface area contributed by atoms with Crippen molar-refractivity contribution in [2.45, 2.75) is 31.3 Å². The van der Waals surface area contributed by atoms with Crippen LogP contribution in [0.2, 0.25) is 0 Å². The number of ether oxygens (including phenoxy) is 1. The van der Waals surface area contributed by atoms with E-state index < -0.39 is 0 Å². The predicted molar refractivity (Wildman–Crippen MR) is 89.5 cm³/mol. The van der Waals surface area contributed by atoms with Gasteiger partial charge in [-0.05, 0) is 43.0 Å². The number of ketones is 1. The Morgan fingerprint density at radius 3 is 3.04 bits per heavy atom. The zero-order chi connectivity index (χ0) is 16.0. The summed E-state index contributed by atoms with van der Waals surface area (Å²) in [4.78, 5) is 24.3. The maximum Gasteiger partial charge on any atom is 0.255 e. The van der Waals surface area contributed by atoms with Gasteiger partial charge in [0.1, 0.15) is 0 Å². The second-order valence-corrected chi connectivity index (χ2v) is 6.53. The largest absolute Gasteiger partial charge is 0.374 e. The first-order chi connectivity index (χ1) is 11.1. The number of hydrogen-bond donors (Lipinski definition) is 1. The molecule has 1 amide bonds. The van der Waals surface area contributed by atoms with Crippen molar-refractivity contribution in [3.05, 3.63) is 53.1 Å². The van der Waals surface area contributed by atoms with Gasteiger partial charge in [0.2, 0.25) is 0 Å². The molecule has 4 nitrogen and oxygen atoms in total. The maximum atomic E-state index is 12.4. The molecule has 1 fully saturated rings. The lowest BCUT2D eigenvalue weighted by Gasteiger charge is -2.17. The second kappa shape index (κ2) is 5.17. The first-order valence-electron chi connectivity index (χ1n) is 8.05. The normalized spacial score (nSPS) is 27.8. The van der Waals surface area contributed by atoms with E-state index in [2.05, 4.69) is 5.32 Å². The van der Waals surface area contributed by atoms with Crippen LogP contribution in [-0.4, -0.2) is 24.4 Å². The SMILES string of the molecule is COC12C=CC(C(=O)Nc3ccc4c(c3)CCCC4=O)=CC1C2.[HH]. The van der Waals surface area contributed by atoms with Crippen molar-refractivity contribution in [3.8, 4) is 0 Å². The summed E-state index contributed by atoms with van der Waals surface area (Å²) in [5.74, 6) is 0.394. The second-order valence-electron chi connectivity index (χ2n) is 6.53. The number of benzene rings is 1. The molecule has 0 saturated heterocycles. The number of Topliss-reactive ketones (excluding diaryl/α,β-unsaturated/α-hetero) is 1. The molecule has 0 aliphatic heterocycles. The summed E-state index contributed by atoms with van der Waals surface area (Å²) in [6, 6.07) is 5.56. The van der Waals surface area contributed by atoms with Crippen molar-refractivity contribution in [1.82, 2.24) is 0 Å². The Morgan fingerprint density at radius 1 is 1.39 bits per heavy atom. The molecule has 120 valence electrons. The van der Waals surface area contributed by atoms with Gasteiger partial charge >= 0.3 is 0 Å². The molecular formula is C19H21NO3. The van der Waals surface area contributed by atoms with E-state index in [0.29, 0.717) is 17.9 Å². The van der Waals surface area contributed by atoms with E-state index in [4.69, 9.17) is 4.74 Å². The van der Waals surface area contributed by atoms with Crippen LogP contribution < -0.4 is 5.32 Å². The van der Waals surface area contributed by atoms with Crippen molar-refractivity contribution in [1.29, 1.82) is 0 Å². The minimum absolute atomic E-state index is 0. The Morgan fingerprint density at radius 2 is 2.26 bits per heavy atom. The first kappa shape index (κ1) is 14.4. The van der Waals surface area contributed by atoms with Crippen LogP contribution >= 0.6 is 0 Å². The summed E-state index contributed by atoms with van der Waals surface area (Å²) in [6.45, 7) is 0. The summed E-state index contributed by atoms with van der Waals surface area (Å²) < 4.78 is 5.48. The Labute approximate surface area is 136 Å². The number of aryl methyl sites for hydroxylation is 1. The predicted octanol–water partition coefficient (Wildman–Crippen LogP) is 3.29. The fourth-order valence-electron chi connectivity index (χ4n) is 3.56. The lowest BCUT2D eigenvalue weighted by atomic mass is 9.90. The smallest absolute Gasteiger partial charge is 0.255 e. The number of anilines is 1. The van der Waals surface area contributed by atoms with E-state index in [9.17, 15) is 9.59 Å². The van der Waals surface area contributed by atoms with Crippen molar-refractivity contribution in [2.75, 3.05) is 12.4 Å². The zero-order valence-electron chi connectivity index (χ0n) is 13.1. The Bertz CT molecular complexity index is 768. The number of hydrogen-bond acceptors (Lipinski definition) is 3. The minimum Gasteiger partial charge on any atom is -0.374 e.